The Morgan fingerprint density at radius 1 is 1.47 bits per heavy atom. The third-order valence-corrected chi connectivity index (χ3v) is 3.41. The second-order valence-electron chi connectivity index (χ2n) is 4.52. The lowest BCUT2D eigenvalue weighted by Gasteiger charge is -2.25. The summed E-state index contributed by atoms with van der Waals surface area (Å²) in [5.41, 5.74) is 1.54. The Kier molecular flexibility index (Phi) is 4.54. The number of carboxylic acids is 1. The molecule has 1 atom stereocenters. The third kappa shape index (κ3) is 2.79. The zero-order chi connectivity index (χ0) is 11.6. The number of aliphatic carboxylic acids is 1. The van der Waals surface area contributed by atoms with Crippen molar-refractivity contribution < 1.29 is 9.90 Å². The molecule has 1 saturated heterocycles. The van der Waals surface area contributed by atoms with Crippen LogP contribution in [0.3, 0.4) is 0 Å². The van der Waals surface area contributed by atoms with Gasteiger partial charge in [-0.1, -0.05) is 24.3 Å². The lowest BCUT2D eigenvalue weighted by molar-refractivity contribution is -0.144. The van der Waals surface area contributed by atoms with Crippen LogP contribution in [-0.2, 0) is 11.2 Å². The molecule has 1 aliphatic heterocycles. The van der Waals surface area contributed by atoms with Gasteiger partial charge >= 0.3 is 5.97 Å². The van der Waals surface area contributed by atoms with Gasteiger partial charge in [0.1, 0.15) is 5.54 Å². The van der Waals surface area contributed by atoms with Gasteiger partial charge in [-0.3, -0.25) is 4.79 Å². The molecule has 4 heteroatoms. The van der Waals surface area contributed by atoms with E-state index < -0.39 is 11.5 Å². The second kappa shape index (κ2) is 5.52. The Morgan fingerprint density at radius 2 is 2.18 bits per heavy atom. The highest BCUT2D eigenvalue weighted by molar-refractivity contribution is 5.85. The van der Waals surface area contributed by atoms with Gasteiger partial charge in [-0.15, -0.1) is 12.4 Å². The monoisotopic (exact) mass is 255 g/mol. The first-order chi connectivity index (χ1) is 7.64. The molecule has 0 aromatic heterocycles. The van der Waals surface area contributed by atoms with Crippen molar-refractivity contribution in [1.29, 1.82) is 0 Å². The van der Waals surface area contributed by atoms with Gasteiger partial charge in [0, 0.05) is 6.42 Å². The average molecular weight is 256 g/mol. The summed E-state index contributed by atoms with van der Waals surface area (Å²) >= 11 is 0. The van der Waals surface area contributed by atoms with E-state index in [1.165, 1.54) is 0 Å². The highest BCUT2D eigenvalue weighted by Crippen LogP contribution is 2.25. The molecule has 0 unspecified atom stereocenters. The van der Waals surface area contributed by atoms with Gasteiger partial charge < -0.3 is 10.4 Å². The molecule has 0 aliphatic carbocycles. The number of halogens is 1. The smallest absolute Gasteiger partial charge is 0.324 e. The van der Waals surface area contributed by atoms with Crippen LogP contribution in [0.25, 0.3) is 0 Å². The molecule has 1 fully saturated rings. The fourth-order valence-corrected chi connectivity index (χ4v) is 2.35. The van der Waals surface area contributed by atoms with Crippen molar-refractivity contribution in [3.8, 4) is 0 Å². The first kappa shape index (κ1) is 14.0. The minimum Gasteiger partial charge on any atom is -0.480 e. The molecule has 0 saturated carbocycles. The highest BCUT2D eigenvalue weighted by Gasteiger charge is 2.41. The Hall–Kier alpha value is -1.06. The quantitative estimate of drug-likeness (QED) is 0.870. The van der Waals surface area contributed by atoms with Crippen LogP contribution in [-0.4, -0.2) is 23.2 Å². The Morgan fingerprint density at radius 3 is 2.71 bits per heavy atom. The number of nitrogens with one attached hydrogen (secondary N) is 1. The maximum atomic E-state index is 11.4. The average Bonchev–Trinajstić information content (AvgIpc) is 2.71. The van der Waals surface area contributed by atoms with Gasteiger partial charge in [-0.2, -0.15) is 0 Å². The van der Waals surface area contributed by atoms with Gasteiger partial charge in [0.2, 0.25) is 0 Å². The van der Waals surface area contributed by atoms with Crippen LogP contribution in [0.2, 0.25) is 0 Å². The zero-order valence-corrected chi connectivity index (χ0v) is 10.7. The molecule has 2 rings (SSSR count). The van der Waals surface area contributed by atoms with Gasteiger partial charge in [0.15, 0.2) is 0 Å². The minimum absolute atomic E-state index is 0. The van der Waals surface area contributed by atoms with Crippen molar-refractivity contribution in [2.75, 3.05) is 6.54 Å². The molecular formula is C13H18ClNO2. The van der Waals surface area contributed by atoms with Crippen LogP contribution in [0.1, 0.15) is 24.0 Å². The molecule has 0 radical (unpaired) electrons. The molecule has 0 bridgehead atoms. The molecule has 17 heavy (non-hydrogen) atoms. The lowest BCUT2D eigenvalue weighted by Crippen LogP contribution is -2.49. The third-order valence-electron chi connectivity index (χ3n) is 3.41. The van der Waals surface area contributed by atoms with E-state index in [0.717, 1.165) is 30.5 Å². The van der Waals surface area contributed by atoms with Crippen LogP contribution in [0, 0.1) is 6.92 Å². The van der Waals surface area contributed by atoms with E-state index in [0.29, 0.717) is 6.42 Å². The van der Waals surface area contributed by atoms with Crippen molar-refractivity contribution in [1.82, 2.24) is 5.32 Å². The van der Waals surface area contributed by atoms with Crippen molar-refractivity contribution in [3.05, 3.63) is 35.4 Å². The molecule has 1 aliphatic rings. The molecule has 94 valence electrons. The fraction of sp³-hybridized carbons (Fsp3) is 0.462. The summed E-state index contributed by atoms with van der Waals surface area (Å²) in [7, 11) is 0. The van der Waals surface area contributed by atoms with E-state index in [4.69, 9.17) is 0 Å². The van der Waals surface area contributed by atoms with Crippen LogP contribution in [0.4, 0.5) is 0 Å². The fourth-order valence-electron chi connectivity index (χ4n) is 2.35. The number of carbonyl (C=O) groups is 1. The number of hydrogen-bond acceptors (Lipinski definition) is 2. The maximum Gasteiger partial charge on any atom is 0.324 e. The van der Waals surface area contributed by atoms with Crippen molar-refractivity contribution in [2.24, 2.45) is 0 Å². The number of rotatable bonds is 3. The van der Waals surface area contributed by atoms with Gasteiger partial charge in [0.25, 0.3) is 0 Å². The van der Waals surface area contributed by atoms with E-state index in [1.54, 1.807) is 0 Å². The van der Waals surface area contributed by atoms with E-state index in [9.17, 15) is 9.90 Å². The predicted molar refractivity (Wildman–Crippen MR) is 69.7 cm³/mol. The van der Waals surface area contributed by atoms with Crippen LogP contribution < -0.4 is 5.32 Å². The van der Waals surface area contributed by atoms with E-state index in [2.05, 4.69) is 5.32 Å². The Balaban J connectivity index is 0.00000144. The Labute approximate surface area is 108 Å². The molecule has 1 heterocycles. The maximum absolute atomic E-state index is 11.4. The molecular weight excluding hydrogens is 238 g/mol. The SMILES string of the molecule is Cc1ccccc1C[C@@]1(C(=O)O)CCCN1.Cl. The summed E-state index contributed by atoms with van der Waals surface area (Å²) in [5.74, 6) is -0.728. The largest absolute Gasteiger partial charge is 0.480 e. The number of aryl methyl sites for hydroxylation is 1. The van der Waals surface area contributed by atoms with Gasteiger partial charge in [-0.25, -0.2) is 0 Å². The molecule has 0 spiro atoms. The minimum atomic E-state index is -0.744. The summed E-state index contributed by atoms with van der Waals surface area (Å²) in [6.07, 6.45) is 2.24. The number of carboxylic acid groups (broad SMARTS) is 1. The molecule has 2 N–H and O–H groups in total. The second-order valence-corrected chi connectivity index (χ2v) is 4.52. The summed E-state index contributed by atoms with van der Waals surface area (Å²) in [4.78, 5) is 11.4. The van der Waals surface area contributed by atoms with E-state index >= 15 is 0 Å². The molecule has 3 nitrogen and oxygen atoms in total. The molecule has 1 aromatic carbocycles. The lowest BCUT2D eigenvalue weighted by atomic mass is 9.88. The van der Waals surface area contributed by atoms with Crippen LogP contribution in [0.15, 0.2) is 24.3 Å². The first-order valence-electron chi connectivity index (χ1n) is 5.67. The highest BCUT2D eigenvalue weighted by atomic mass is 35.5. The Bertz CT molecular complexity index is 400. The number of hydrogen-bond donors (Lipinski definition) is 2. The van der Waals surface area contributed by atoms with E-state index in [-0.39, 0.29) is 12.4 Å². The van der Waals surface area contributed by atoms with Crippen LogP contribution in [0.5, 0.6) is 0 Å². The van der Waals surface area contributed by atoms with Crippen molar-refractivity contribution in [3.63, 3.8) is 0 Å². The van der Waals surface area contributed by atoms with E-state index in [1.807, 2.05) is 31.2 Å². The predicted octanol–water partition coefficient (Wildman–Crippen LogP) is 2.17. The number of benzene rings is 1. The summed E-state index contributed by atoms with van der Waals surface area (Å²) in [5, 5.41) is 12.5. The summed E-state index contributed by atoms with van der Waals surface area (Å²) < 4.78 is 0. The van der Waals surface area contributed by atoms with Crippen molar-refractivity contribution >= 4 is 18.4 Å². The first-order valence-corrected chi connectivity index (χ1v) is 5.67. The topological polar surface area (TPSA) is 49.3 Å². The zero-order valence-electron chi connectivity index (χ0n) is 9.90. The molecule has 0 amide bonds. The molecule has 1 aromatic rings. The summed E-state index contributed by atoms with van der Waals surface area (Å²) in [6.45, 7) is 2.83. The van der Waals surface area contributed by atoms with Gasteiger partial charge in [-0.05, 0) is 37.4 Å². The van der Waals surface area contributed by atoms with Crippen molar-refractivity contribution in [2.45, 2.75) is 31.7 Å². The van der Waals surface area contributed by atoms with Gasteiger partial charge in [0.05, 0.1) is 0 Å². The van der Waals surface area contributed by atoms with Crippen LogP contribution >= 0.6 is 12.4 Å². The summed E-state index contributed by atoms with van der Waals surface area (Å²) in [6, 6.07) is 7.99. The normalized spacial score (nSPS) is 23.1. The standard InChI is InChI=1S/C13H17NO2.ClH/c1-10-5-2-3-6-11(10)9-13(12(15)16)7-4-8-14-13;/h2-3,5-6,14H,4,7-9H2,1H3,(H,15,16);1H/t13-;/m1./s1.